The Bertz CT molecular complexity index is 746. The lowest BCUT2D eigenvalue weighted by atomic mass is 10.1. The average molecular weight is 487 g/mol. The Morgan fingerprint density at radius 3 is 2.44 bits per heavy atom. The number of halogens is 1. The van der Waals surface area contributed by atoms with Crippen molar-refractivity contribution in [1.29, 1.82) is 0 Å². The summed E-state index contributed by atoms with van der Waals surface area (Å²) in [7, 11) is 1.99. The van der Waals surface area contributed by atoms with Gasteiger partial charge in [-0.15, -0.1) is 24.0 Å². The maximum absolute atomic E-state index is 4.68. The molecule has 7 nitrogen and oxygen atoms in total. The number of nitrogens with one attached hydrogen (secondary N) is 2. The smallest absolute Gasteiger partial charge is 0.191 e. The molecule has 27 heavy (non-hydrogen) atoms. The molecule has 0 spiro atoms. The minimum Gasteiger partial charge on any atom is -0.357 e. The summed E-state index contributed by atoms with van der Waals surface area (Å²) in [6.45, 7) is 13.8. The van der Waals surface area contributed by atoms with Crippen LogP contribution >= 0.6 is 24.0 Å². The van der Waals surface area contributed by atoms with E-state index in [0.29, 0.717) is 0 Å². The van der Waals surface area contributed by atoms with Crippen molar-refractivity contribution in [2.24, 2.45) is 12.0 Å². The predicted octanol–water partition coefficient (Wildman–Crippen LogP) is 2.66. The van der Waals surface area contributed by atoms with Crippen molar-refractivity contribution in [2.45, 2.75) is 54.0 Å². The van der Waals surface area contributed by atoms with Gasteiger partial charge < -0.3 is 10.6 Å². The second kappa shape index (κ2) is 11.3. The van der Waals surface area contributed by atoms with Crippen molar-refractivity contribution in [2.75, 3.05) is 19.6 Å². The zero-order valence-electron chi connectivity index (χ0n) is 17.5. The highest BCUT2D eigenvalue weighted by atomic mass is 127. The van der Waals surface area contributed by atoms with Crippen molar-refractivity contribution in [1.82, 2.24) is 30.2 Å². The van der Waals surface area contributed by atoms with Crippen LogP contribution < -0.4 is 10.6 Å². The van der Waals surface area contributed by atoms with Crippen molar-refractivity contribution >= 4 is 29.9 Å². The Morgan fingerprint density at radius 2 is 1.89 bits per heavy atom. The summed E-state index contributed by atoms with van der Waals surface area (Å²) in [5, 5.41) is 15.7. The normalized spacial score (nSPS) is 11.4. The third-order valence-corrected chi connectivity index (χ3v) is 4.57. The van der Waals surface area contributed by atoms with Crippen molar-refractivity contribution in [3.63, 3.8) is 0 Å². The van der Waals surface area contributed by atoms with Gasteiger partial charge in [0.1, 0.15) is 0 Å². The summed E-state index contributed by atoms with van der Waals surface area (Å²) in [5.74, 6) is 0.875. The fraction of sp³-hybridized carbons (Fsp3) is 0.632. The second-order valence-corrected chi connectivity index (χ2v) is 6.71. The molecule has 0 amide bonds. The molecule has 2 aromatic rings. The van der Waals surface area contributed by atoms with Crippen LogP contribution in [0.4, 0.5) is 0 Å². The van der Waals surface area contributed by atoms with Gasteiger partial charge in [-0.1, -0.05) is 0 Å². The molecule has 0 aliphatic heterocycles. The standard InChI is InChI=1S/C19H33N7.HI/c1-7-20-19(21-10-8-12-26-15(3)13-14(2)23-26)22-11-9-18-16(4)24-25(6)17(18)5;/h13H,7-12H2,1-6H3,(H2,20,21,22);1H. The van der Waals surface area contributed by atoms with Gasteiger partial charge in [-0.3, -0.25) is 14.4 Å². The number of nitrogens with zero attached hydrogens (tertiary/aromatic N) is 5. The number of hydrogen-bond acceptors (Lipinski definition) is 3. The van der Waals surface area contributed by atoms with Crippen LogP contribution in [0, 0.1) is 27.7 Å². The van der Waals surface area contributed by atoms with Gasteiger partial charge in [-0.2, -0.15) is 10.2 Å². The monoisotopic (exact) mass is 487 g/mol. The van der Waals surface area contributed by atoms with Crippen LogP contribution in [0.2, 0.25) is 0 Å². The topological polar surface area (TPSA) is 72.1 Å². The Balaban J connectivity index is 0.00000364. The SMILES string of the molecule is CCNC(=NCCCn1nc(C)cc1C)NCCc1c(C)nn(C)c1C.I. The Kier molecular flexibility index (Phi) is 9.82. The highest BCUT2D eigenvalue weighted by molar-refractivity contribution is 14.0. The molecule has 2 rings (SSSR count). The molecule has 0 atom stereocenters. The molecule has 0 unspecified atom stereocenters. The van der Waals surface area contributed by atoms with E-state index < -0.39 is 0 Å². The number of aliphatic imine (C=N–C) groups is 1. The molecule has 2 heterocycles. The third kappa shape index (κ3) is 6.82. The Morgan fingerprint density at radius 1 is 1.15 bits per heavy atom. The molecule has 0 aromatic carbocycles. The zero-order valence-corrected chi connectivity index (χ0v) is 19.8. The number of aromatic nitrogens is 4. The molecular weight excluding hydrogens is 453 g/mol. The number of rotatable bonds is 8. The third-order valence-electron chi connectivity index (χ3n) is 4.57. The largest absolute Gasteiger partial charge is 0.357 e. The lowest BCUT2D eigenvalue weighted by molar-refractivity contribution is 0.567. The van der Waals surface area contributed by atoms with Gasteiger partial charge in [0.05, 0.1) is 11.4 Å². The molecule has 0 bridgehead atoms. The summed E-state index contributed by atoms with van der Waals surface area (Å²) in [5.41, 5.74) is 5.94. The average Bonchev–Trinajstić information content (AvgIpc) is 3.03. The first kappa shape index (κ1) is 23.5. The first-order chi connectivity index (χ1) is 12.4. The summed E-state index contributed by atoms with van der Waals surface area (Å²) in [6, 6.07) is 2.11. The van der Waals surface area contributed by atoms with Gasteiger partial charge in [0.2, 0.25) is 0 Å². The number of hydrogen-bond donors (Lipinski definition) is 2. The molecule has 2 N–H and O–H groups in total. The van der Waals surface area contributed by atoms with E-state index in [9.17, 15) is 0 Å². The van der Waals surface area contributed by atoms with Gasteiger partial charge in [0.25, 0.3) is 0 Å². The molecule has 0 saturated heterocycles. The van der Waals surface area contributed by atoms with E-state index in [1.165, 1.54) is 17.0 Å². The van der Waals surface area contributed by atoms with Crippen LogP contribution in [0.25, 0.3) is 0 Å². The fourth-order valence-electron chi connectivity index (χ4n) is 3.14. The van der Waals surface area contributed by atoms with Crippen LogP contribution in [0.15, 0.2) is 11.1 Å². The number of aryl methyl sites for hydroxylation is 5. The molecule has 0 aliphatic rings. The molecule has 152 valence electrons. The van der Waals surface area contributed by atoms with Gasteiger partial charge in [0, 0.05) is 44.6 Å². The fourth-order valence-corrected chi connectivity index (χ4v) is 3.14. The summed E-state index contributed by atoms with van der Waals surface area (Å²) in [4.78, 5) is 4.68. The minimum atomic E-state index is 0. The van der Waals surface area contributed by atoms with Crippen LogP contribution in [0.1, 0.15) is 41.7 Å². The van der Waals surface area contributed by atoms with Crippen LogP contribution in [-0.4, -0.2) is 45.2 Å². The van der Waals surface area contributed by atoms with E-state index in [-0.39, 0.29) is 24.0 Å². The van der Waals surface area contributed by atoms with Gasteiger partial charge in [0.15, 0.2) is 5.96 Å². The van der Waals surface area contributed by atoms with E-state index in [1.807, 2.05) is 18.7 Å². The van der Waals surface area contributed by atoms with Crippen LogP contribution in [0.5, 0.6) is 0 Å². The summed E-state index contributed by atoms with van der Waals surface area (Å²) < 4.78 is 4.00. The Hall–Kier alpha value is -1.58. The highest BCUT2D eigenvalue weighted by Crippen LogP contribution is 2.11. The van der Waals surface area contributed by atoms with E-state index in [0.717, 1.165) is 56.4 Å². The maximum Gasteiger partial charge on any atom is 0.191 e. The quantitative estimate of drug-likeness (QED) is 0.260. The van der Waals surface area contributed by atoms with E-state index in [4.69, 9.17) is 0 Å². The lowest BCUT2D eigenvalue weighted by Crippen LogP contribution is -2.38. The molecule has 8 heteroatoms. The van der Waals surface area contributed by atoms with Crippen LogP contribution in [0.3, 0.4) is 0 Å². The summed E-state index contributed by atoms with van der Waals surface area (Å²) >= 11 is 0. The van der Waals surface area contributed by atoms with E-state index in [1.54, 1.807) is 0 Å². The lowest BCUT2D eigenvalue weighted by Gasteiger charge is -2.11. The first-order valence-corrected chi connectivity index (χ1v) is 9.44. The molecular formula is C19H34IN7. The Labute approximate surface area is 180 Å². The van der Waals surface area contributed by atoms with Gasteiger partial charge >= 0.3 is 0 Å². The predicted molar refractivity (Wildman–Crippen MR) is 122 cm³/mol. The van der Waals surface area contributed by atoms with Crippen LogP contribution in [-0.2, 0) is 20.0 Å². The molecule has 0 saturated carbocycles. The molecule has 0 aliphatic carbocycles. The van der Waals surface area contributed by atoms with Crippen molar-refractivity contribution in [3.05, 3.63) is 34.4 Å². The van der Waals surface area contributed by atoms with Crippen molar-refractivity contribution in [3.8, 4) is 0 Å². The molecule has 0 radical (unpaired) electrons. The van der Waals surface area contributed by atoms with Gasteiger partial charge in [-0.25, -0.2) is 0 Å². The maximum atomic E-state index is 4.68. The zero-order chi connectivity index (χ0) is 19.1. The van der Waals surface area contributed by atoms with Gasteiger partial charge in [-0.05, 0) is 59.1 Å². The number of guanidine groups is 1. The first-order valence-electron chi connectivity index (χ1n) is 9.44. The second-order valence-electron chi connectivity index (χ2n) is 6.71. The highest BCUT2D eigenvalue weighted by Gasteiger charge is 2.09. The summed E-state index contributed by atoms with van der Waals surface area (Å²) in [6.07, 6.45) is 1.92. The molecule has 0 fully saturated rings. The molecule has 2 aromatic heterocycles. The van der Waals surface area contributed by atoms with Crippen molar-refractivity contribution < 1.29 is 0 Å². The minimum absolute atomic E-state index is 0. The van der Waals surface area contributed by atoms with E-state index >= 15 is 0 Å². The van der Waals surface area contributed by atoms with E-state index in [2.05, 4.69) is 64.3 Å².